The van der Waals surface area contributed by atoms with Crippen LogP contribution in [0.4, 0.5) is 0 Å². The normalized spacial score (nSPS) is 17.2. The van der Waals surface area contributed by atoms with Crippen LogP contribution < -0.4 is 10.9 Å². The molecule has 1 fully saturated rings. The molecule has 2 N–H and O–H groups in total. The van der Waals surface area contributed by atoms with E-state index in [0.29, 0.717) is 18.6 Å². The summed E-state index contributed by atoms with van der Waals surface area (Å²) < 4.78 is 7.16. The maximum atomic E-state index is 12.1. The highest BCUT2D eigenvalue weighted by atomic mass is 16.5. The van der Waals surface area contributed by atoms with Gasteiger partial charge in [0.05, 0.1) is 0 Å². The number of amides is 2. The van der Waals surface area contributed by atoms with Crippen molar-refractivity contribution in [1.82, 2.24) is 15.4 Å². The number of benzene rings is 1. The van der Waals surface area contributed by atoms with Crippen molar-refractivity contribution in [1.29, 1.82) is 0 Å². The minimum Gasteiger partial charge on any atom is -0.368 e. The summed E-state index contributed by atoms with van der Waals surface area (Å²) in [6.07, 6.45) is 4.88. The van der Waals surface area contributed by atoms with Gasteiger partial charge in [-0.15, -0.1) is 0 Å². The molecule has 3 rings (SSSR count). The first-order valence-electron chi connectivity index (χ1n) is 7.19. The van der Waals surface area contributed by atoms with E-state index in [1.807, 2.05) is 35.2 Å². The van der Waals surface area contributed by atoms with Crippen molar-refractivity contribution < 1.29 is 14.3 Å². The molecule has 2 aromatic rings. The predicted octanol–water partition coefficient (Wildman–Crippen LogP) is 1.42. The number of aromatic nitrogens is 1. The SMILES string of the molecule is O=C(NNC(=O)C1CCCO1)c1cccc(-n2cccc2)c1. The topological polar surface area (TPSA) is 72.4 Å². The Kier molecular flexibility index (Phi) is 4.20. The highest BCUT2D eigenvalue weighted by molar-refractivity contribution is 5.96. The van der Waals surface area contributed by atoms with Gasteiger partial charge in [0.15, 0.2) is 0 Å². The third-order valence-corrected chi connectivity index (χ3v) is 3.53. The second-order valence-electron chi connectivity index (χ2n) is 5.09. The summed E-state index contributed by atoms with van der Waals surface area (Å²) in [5.41, 5.74) is 6.18. The number of ether oxygens (including phenoxy) is 1. The molecule has 0 bridgehead atoms. The third kappa shape index (κ3) is 3.17. The molecular weight excluding hydrogens is 282 g/mol. The molecule has 22 heavy (non-hydrogen) atoms. The number of carbonyl (C=O) groups excluding carboxylic acids is 2. The van der Waals surface area contributed by atoms with E-state index in [1.165, 1.54) is 0 Å². The lowest BCUT2D eigenvalue weighted by molar-refractivity contribution is -0.130. The van der Waals surface area contributed by atoms with E-state index >= 15 is 0 Å². The van der Waals surface area contributed by atoms with Crippen LogP contribution in [0.2, 0.25) is 0 Å². The van der Waals surface area contributed by atoms with Crippen LogP contribution in [0.3, 0.4) is 0 Å². The quantitative estimate of drug-likeness (QED) is 0.842. The number of rotatable bonds is 3. The maximum Gasteiger partial charge on any atom is 0.269 e. The third-order valence-electron chi connectivity index (χ3n) is 3.53. The van der Waals surface area contributed by atoms with E-state index in [9.17, 15) is 9.59 Å². The molecule has 2 heterocycles. The van der Waals surface area contributed by atoms with Gasteiger partial charge in [-0.2, -0.15) is 0 Å². The molecule has 1 aromatic heterocycles. The number of carbonyl (C=O) groups is 2. The predicted molar refractivity (Wildman–Crippen MR) is 80.4 cm³/mol. The molecule has 6 nitrogen and oxygen atoms in total. The van der Waals surface area contributed by atoms with Crippen LogP contribution in [-0.4, -0.2) is 29.1 Å². The van der Waals surface area contributed by atoms with Crippen LogP contribution >= 0.6 is 0 Å². The van der Waals surface area contributed by atoms with Crippen LogP contribution in [0.15, 0.2) is 48.8 Å². The van der Waals surface area contributed by atoms with Gasteiger partial charge in [0, 0.05) is 30.3 Å². The molecule has 0 radical (unpaired) electrons. The van der Waals surface area contributed by atoms with Gasteiger partial charge in [-0.1, -0.05) is 6.07 Å². The lowest BCUT2D eigenvalue weighted by Crippen LogP contribution is -2.46. The average Bonchev–Trinajstić information content (AvgIpc) is 3.25. The van der Waals surface area contributed by atoms with E-state index < -0.39 is 6.10 Å². The maximum absolute atomic E-state index is 12.1. The standard InChI is InChI=1S/C16H17N3O3/c20-15(17-18-16(21)14-7-4-10-22-14)12-5-3-6-13(11-12)19-8-1-2-9-19/h1-3,5-6,8-9,11,14H,4,7,10H2,(H,17,20)(H,18,21). The fraction of sp³-hybridized carbons (Fsp3) is 0.250. The lowest BCUT2D eigenvalue weighted by Gasteiger charge is -2.12. The van der Waals surface area contributed by atoms with Crippen molar-refractivity contribution in [2.45, 2.75) is 18.9 Å². The van der Waals surface area contributed by atoms with Crippen LogP contribution in [0, 0.1) is 0 Å². The summed E-state index contributed by atoms with van der Waals surface area (Å²) >= 11 is 0. The van der Waals surface area contributed by atoms with Gasteiger partial charge in [0.2, 0.25) is 0 Å². The Balaban J connectivity index is 1.62. The number of nitrogens with zero attached hydrogens (tertiary/aromatic N) is 1. The Labute approximate surface area is 128 Å². The van der Waals surface area contributed by atoms with E-state index in [-0.39, 0.29) is 11.8 Å². The van der Waals surface area contributed by atoms with Crippen LogP contribution in [0.5, 0.6) is 0 Å². The molecule has 0 spiro atoms. The zero-order chi connectivity index (χ0) is 15.4. The molecule has 1 aliphatic heterocycles. The lowest BCUT2D eigenvalue weighted by atomic mass is 10.2. The van der Waals surface area contributed by atoms with E-state index in [4.69, 9.17) is 4.74 Å². The zero-order valence-electron chi connectivity index (χ0n) is 12.0. The largest absolute Gasteiger partial charge is 0.368 e. The molecule has 1 atom stereocenters. The molecule has 0 aliphatic carbocycles. The zero-order valence-corrected chi connectivity index (χ0v) is 12.0. The smallest absolute Gasteiger partial charge is 0.269 e. The van der Waals surface area contributed by atoms with Crippen LogP contribution in [0.25, 0.3) is 5.69 Å². The summed E-state index contributed by atoms with van der Waals surface area (Å²) in [4.78, 5) is 23.9. The van der Waals surface area contributed by atoms with Gasteiger partial charge < -0.3 is 9.30 Å². The Bertz CT molecular complexity index is 661. The van der Waals surface area contributed by atoms with Gasteiger partial charge in [-0.3, -0.25) is 20.4 Å². The van der Waals surface area contributed by atoms with Crippen molar-refractivity contribution in [2.75, 3.05) is 6.61 Å². The molecule has 1 aromatic carbocycles. The fourth-order valence-electron chi connectivity index (χ4n) is 2.37. The molecular formula is C16H17N3O3. The van der Waals surface area contributed by atoms with Gasteiger partial charge in [0.25, 0.3) is 11.8 Å². The highest BCUT2D eigenvalue weighted by Crippen LogP contribution is 2.12. The summed E-state index contributed by atoms with van der Waals surface area (Å²) in [6.45, 7) is 0.588. The molecule has 6 heteroatoms. The van der Waals surface area contributed by atoms with Gasteiger partial charge in [-0.25, -0.2) is 0 Å². The molecule has 0 saturated carbocycles. The Morgan fingerprint density at radius 2 is 1.95 bits per heavy atom. The van der Waals surface area contributed by atoms with E-state index in [0.717, 1.165) is 12.1 Å². The second-order valence-corrected chi connectivity index (χ2v) is 5.09. The Morgan fingerprint density at radius 1 is 1.14 bits per heavy atom. The molecule has 114 valence electrons. The first-order chi connectivity index (χ1) is 10.7. The molecule has 1 saturated heterocycles. The summed E-state index contributed by atoms with van der Waals surface area (Å²) in [5.74, 6) is -0.673. The van der Waals surface area contributed by atoms with Crippen molar-refractivity contribution in [3.63, 3.8) is 0 Å². The van der Waals surface area contributed by atoms with Gasteiger partial charge in [0.1, 0.15) is 6.10 Å². The van der Waals surface area contributed by atoms with Crippen molar-refractivity contribution in [3.8, 4) is 5.69 Å². The Hall–Kier alpha value is -2.60. The van der Waals surface area contributed by atoms with E-state index in [2.05, 4.69) is 10.9 Å². The van der Waals surface area contributed by atoms with Crippen molar-refractivity contribution in [3.05, 3.63) is 54.4 Å². The second kappa shape index (κ2) is 6.44. The minimum absolute atomic E-state index is 0.313. The van der Waals surface area contributed by atoms with Crippen LogP contribution in [0.1, 0.15) is 23.2 Å². The number of hydrogen-bond acceptors (Lipinski definition) is 3. The average molecular weight is 299 g/mol. The number of hydrazine groups is 1. The Morgan fingerprint density at radius 3 is 2.68 bits per heavy atom. The van der Waals surface area contributed by atoms with Gasteiger partial charge in [-0.05, 0) is 43.2 Å². The van der Waals surface area contributed by atoms with Crippen LogP contribution in [-0.2, 0) is 9.53 Å². The summed E-state index contributed by atoms with van der Waals surface area (Å²) in [7, 11) is 0. The summed E-state index contributed by atoms with van der Waals surface area (Å²) in [6, 6.07) is 11.0. The molecule has 2 amide bonds. The highest BCUT2D eigenvalue weighted by Gasteiger charge is 2.23. The minimum atomic E-state index is -0.466. The monoisotopic (exact) mass is 299 g/mol. The van der Waals surface area contributed by atoms with Gasteiger partial charge >= 0.3 is 0 Å². The number of hydrogen-bond donors (Lipinski definition) is 2. The first-order valence-corrected chi connectivity index (χ1v) is 7.19. The van der Waals surface area contributed by atoms with Crippen molar-refractivity contribution >= 4 is 11.8 Å². The number of nitrogens with one attached hydrogen (secondary N) is 2. The molecule has 1 unspecified atom stereocenters. The van der Waals surface area contributed by atoms with Crippen molar-refractivity contribution in [2.24, 2.45) is 0 Å². The molecule has 1 aliphatic rings. The first kappa shape index (κ1) is 14.3. The summed E-state index contributed by atoms with van der Waals surface area (Å²) in [5, 5.41) is 0. The fourth-order valence-corrected chi connectivity index (χ4v) is 2.37. The van der Waals surface area contributed by atoms with E-state index in [1.54, 1.807) is 18.2 Å².